The summed E-state index contributed by atoms with van der Waals surface area (Å²) in [4.78, 5) is 0. The van der Waals surface area contributed by atoms with E-state index in [-0.39, 0.29) is 0 Å². The van der Waals surface area contributed by atoms with Crippen LogP contribution in [0.3, 0.4) is 0 Å². The average Bonchev–Trinajstić information content (AvgIpc) is 2.94. The van der Waals surface area contributed by atoms with Crippen molar-refractivity contribution in [1.29, 1.82) is 0 Å². The topological polar surface area (TPSA) is 3.88 Å². The molecular weight excluding hydrogens is 302 g/mol. The van der Waals surface area contributed by atoms with Crippen molar-refractivity contribution in [1.82, 2.24) is 0 Å². The molecular formula is C24H20N+. The van der Waals surface area contributed by atoms with Crippen LogP contribution in [-0.2, 0) is 7.05 Å². The summed E-state index contributed by atoms with van der Waals surface area (Å²) in [6, 6.07) is 22.3. The third-order valence-corrected chi connectivity index (χ3v) is 5.44. The van der Waals surface area contributed by atoms with Crippen molar-refractivity contribution in [3.05, 3.63) is 78.0 Å². The first-order valence-electron chi connectivity index (χ1n) is 8.78. The van der Waals surface area contributed by atoms with Crippen LogP contribution in [0.25, 0.3) is 44.3 Å². The van der Waals surface area contributed by atoms with Gasteiger partial charge in [-0.15, -0.1) is 0 Å². The number of hydrogen-bond acceptors (Lipinski definition) is 0. The van der Waals surface area contributed by atoms with Crippen molar-refractivity contribution in [2.24, 2.45) is 7.05 Å². The highest BCUT2D eigenvalue weighted by atomic mass is 14.9. The second-order valence-electron chi connectivity index (χ2n) is 7.09. The summed E-state index contributed by atoms with van der Waals surface area (Å²) in [5, 5.41) is 2.71. The number of benzene rings is 3. The van der Waals surface area contributed by atoms with Crippen LogP contribution in [0, 0.1) is 13.8 Å². The third-order valence-electron chi connectivity index (χ3n) is 5.44. The van der Waals surface area contributed by atoms with Crippen LogP contribution < -0.4 is 4.57 Å². The summed E-state index contributed by atoms with van der Waals surface area (Å²) in [5.74, 6) is 0. The molecule has 4 aromatic rings. The fourth-order valence-corrected chi connectivity index (χ4v) is 4.24. The zero-order valence-corrected chi connectivity index (χ0v) is 14.8. The summed E-state index contributed by atoms with van der Waals surface area (Å²) in [6.45, 7) is 4.39. The maximum atomic E-state index is 2.30. The fraction of sp³-hybridized carbons (Fsp3) is 0.125. The molecule has 120 valence electrons. The lowest BCUT2D eigenvalue weighted by Gasteiger charge is -2.12. The van der Waals surface area contributed by atoms with Gasteiger partial charge in [0.25, 0.3) is 0 Å². The highest BCUT2D eigenvalue weighted by Gasteiger charge is 2.28. The Balaban J connectivity index is 1.95. The molecule has 0 aliphatic heterocycles. The van der Waals surface area contributed by atoms with Gasteiger partial charge in [0.05, 0.1) is 5.56 Å². The SMILES string of the molecule is Cc1cc[n+](C)c(-c2c(C)ccc3c2-c2cccc4cccc-3c24)c1. The molecule has 0 atom stereocenters. The number of pyridine rings is 1. The second-order valence-corrected chi connectivity index (χ2v) is 7.09. The predicted octanol–water partition coefficient (Wildman–Crippen LogP) is 5.60. The molecule has 3 aromatic carbocycles. The lowest BCUT2D eigenvalue weighted by Crippen LogP contribution is -2.30. The van der Waals surface area contributed by atoms with Gasteiger partial charge in [-0.3, -0.25) is 0 Å². The minimum Gasteiger partial charge on any atom is -0.201 e. The Labute approximate surface area is 148 Å². The number of aromatic nitrogens is 1. The molecule has 1 heteroatoms. The second kappa shape index (κ2) is 5.03. The zero-order valence-electron chi connectivity index (χ0n) is 14.8. The normalized spacial score (nSPS) is 11.8. The Kier molecular flexibility index (Phi) is 2.90. The first kappa shape index (κ1) is 14.4. The smallest absolute Gasteiger partial charge is 0.201 e. The molecule has 0 saturated heterocycles. The first-order chi connectivity index (χ1) is 12.1. The van der Waals surface area contributed by atoms with E-state index in [0.717, 1.165) is 0 Å². The Morgan fingerprint density at radius 3 is 2.28 bits per heavy atom. The van der Waals surface area contributed by atoms with Gasteiger partial charge >= 0.3 is 0 Å². The number of hydrogen-bond donors (Lipinski definition) is 0. The molecule has 1 heterocycles. The lowest BCUT2D eigenvalue weighted by molar-refractivity contribution is -0.660. The van der Waals surface area contributed by atoms with E-state index in [0.29, 0.717) is 0 Å². The molecule has 1 aromatic heterocycles. The molecule has 0 radical (unpaired) electrons. The fourth-order valence-electron chi connectivity index (χ4n) is 4.24. The molecule has 0 amide bonds. The quantitative estimate of drug-likeness (QED) is 0.354. The van der Waals surface area contributed by atoms with Crippen LogP contribution in [-0.4, -0.2) is 0 Å². The average molecular weight is 322 g/mol. The van der Waals surface area contributed by atoms with Crippen LogP contribution in [0.1, 0.15) is 11.1 Å². The van der Waals surface area contributed by atoms with E-state index < -0.39 is 0 Å². The van der Waals surface area contributed by atoms with E-state index in [2.05, 4.69) is 92.3 Å². The van der Waals surface area contributed by atoms with E-state index in [1.807, 2.05) is 0 Å². The van der Waals surface area contributed by atoms with Gasteiger partial charge in [-0.1, -0.05) is 48.5 Å². The molecule has 1 aliphatic carbocycles. The van der Waals surface area contributed by atoms with Crippen LogP contribution in [0.5, 0.6) is 0 Å². The summed E-state index contributed by atoms with van der Waals surface area (Å²) >= 11 is 0. The van der Waals surface area contributed by atoms with Crippen LogP contribution >= 0.6 is 0 Å². The summed E-state index contributed by atoms with van der Waals surface area (Å²) < 4.78 is 2.23. The van der Waals surface area contributed by atoms with Crippen molar-refractivity contribution in [3.63, 3.8) is 0 Å². The van der Waals surface area contributed by atoms with Crippen molar-refractivity contribution in [3.8, 4) is 33.5 Å². The molecule has 0 unspecified atom stereocenters. The number of nitrogens with zero attached hydrogens (tertiary/aromatic N) is 1. The molecule has 0 spiro atoms. The molecule has 0 N–H and O–H groups in total. The standard InChI is InChI=1S/C24H20N/c1-15-12-13-25(3)21(14-15)22-16(2)10-11-19-18-8-4-6-17-7-5-9-20(23(17)18)24(19)22/h4-14H,1-3H3/q+1. The number of fused-ring (bicyclic) bond motifs is 3. The van der Waals surface area contributed by atoms with Gasteiger partial charge < -0.3 is 0 Å². The number of rotatable bonds is 1. The molecule has 1 nitrogen and oxygen atoms in total. The van der Waals surface area contributed by atoms with Crippen LogP contribution in [0.4, 0.5) is 0 Å². The van der Waals surface area contributed by atoms with E-state index in [1.165, 1.54) is 55.4 Å². The lowest BCUT2D eigenvalue weighted by atomic mass is 9.91. The van der Waals surface area contributed by atoms with Crippen molar-refractivity contribution in [2.45, 2.75) is 13.8 Å². The van der Waals surface area contributed by atoms with E-state index in [4.69, 9.17) is 0 Å². The Bertz CT molecular complexity index is 1160. The van der Waals surface area contributed by atoms with Gasteiger partial charge in [0.15, 0.2) is 6.20 Å². The van der Waals surface area contributed by atoms with Crippen molar-refractivity contribution < 1.29 is 4.57 Å². The van der Waals surface area contributed by atoms with Crippen molar-refractivity contribution >= 4 is 10.8 Å². The molecule has 0 saturated carbocycles. The third kappa shape index (κ3) is 1.93. The van der Waals surface area contributed by atoms with Gasteiger partial charge in [0, 0.05) is 17.7 Å². The molecule has 1 aliphatic rings. The van der Waals surface area contributed by atoms with Crippen LogP contribution in [0.15, 0.2) is 66.9 Å². The highest BCUT2D eigenvalue weighted by molar-refractivity contribution is 6.18. The van der Waals surface area contributed by atoms with E-state index in [1.54, 1.807) is 0 Å². The highest BCUT2D eigenvalue weighted by Crippen LogP contribution is 2.51. The predicted molar refractivity (Wildman–Crippen MR) is 104 cm³/mol. The van der Waals surface area contributed by atoms with E-state index in [9.17, 15) is 0 Å². The van der Waals surface area contributed by atoms with E-state index >= 15 is 0 Å². The molecule has 0 bridgehead atoms. The monoisotopic (exact) mass is 322 g/mol. The minimum atomic E-state index is 1.28. The van der Waals surface area contributed by atoms with Crippen LogP contribution in [0.2, 0.25) is 0 Å². The van der Waals surface area contributed by atoms with Gasteiger partial charge in [0.1, 0.15) is 7.05 Å². The Morgan fingerprint density at radius 2 is 1.48 bits per heavy atom. The minimum absolute atomic E-state index is 1.28. The zero-order chi connectivity index (χ0) is 17.1. The first-order valence-corrected chi connectivity index (χ1v) is 8.78. The summed E-state index contributed by atoms with van der Waals surface area (Å²) in [5.41, 5.74) is 10.7. The molecule has 0 fully saturated rings. The Hall–Kier alpha value is -2.93. The van der Waals surface area contributed by atoms with Crippen molar-refractivity contribution in [2.75, 3.05) is 0 Å². The van der Waals surface area contributed by atoms with Gasteiger partial charge in [-0.2, -0.15) is 0 Å². The maximum absolute atomic E-state index is 2.30. The van der Waals surface area contributed by atoms with Gasteiger partial charge in [0.2, 0.25) is 5.69 Å². The summed E-state index contributed by atoms with van der Waals surface area (Å²) in [6.07, 6.45) is 2.16. The van der Waals surface area contributed by atoms with Gasteiger partial charge in [-0.25, -0.2) is 4.57 Å². The maximum Gasteiger partial charge on any atom is 0.213 e. The van der Waals surface area contributed by atoms with Gasteiger partial charge in [-0.05, 0) is 52.4 Å². The molecule has 5 rings (SSSR count). The molecule has 25 heavy (non-hydrogen) atoms. The number of aryl methyl sites for hydroxylation is 3. The Morgan fingerprint density at radius 1 is 0.720 bits per heavy atom. The largest absolute Gasteiger partial charge is 0.213 e. The summed E-state index contributed by atoms with van der Waals surface area (Å²) in [7, 11) is 2.14.